The second-order valence-electron chi connectivity index (χ2n) is 6.38. The number of rotatable bonds is 4. The lowest BCUT2D eigenvalue weighted by atomic mass is 10.1. The van der Waals surface area contributed by atoms with Crippen LogP contribution in [0.4, 0.5) is 0 Å². The van der Waals surface area contributed by atoms with Gasteiger partial charge in [-0.15, -0.1) is 0 Å². The first-order chi connectivity index (χ1) is 11.3. The van der Waals surface area contributed by atoms with Gasteiger partial charge in [0.15, 0.2) is 0 Å². The molecule has 0 spiro atoms. The van der Waals surface area contributed by atoms with Crippen molar-refractivity contribution < 1.29 is 4.48 Å². The van der Waals surface area contributed by atoms with Gasteiger partial charge in [0.2, 0.25) is 0 Å². The van der Waals surface area contributed by atoms with Crippen LogP contribution in [0, 0.1) is 0 Å². The first-order valence-electron chi connectivity index (χ1n) is 8.05. The molecule has 0 N–H and O–H groups in total. The van der Waals surface area contributed by atoms with Crippen LogP contribution in [0.3, 0.4) is 0 Å². The quantitative estimate of drug-likeness (QED) is 0.687. The standard InChI is InChI=1S/C20H20N3/c1-2-8-18-14-23(13-17(18)7-1,15-19-9-3-5-11-21-19)16-20-10-4-6-12-22-20/h1-12H,13-16H2/q+1. The fourth-order valence-electron chi connectivity index (χ4n) is 3.59. The topological polar surface area (TPSA) is 25.8 Å². The Kier molecular flexibility index (Phi) is 3.64. The third-order valence-corrected chi connectivity index (χ3v) is 4.58. The fourth-order valence-corrected chi connectivity index (χ4v) is 3.59. The summed E-state index contributed by atoms with van der Waals surface area (Å²) >= 11 is 0. The van der Waals surface area contributed by atoms with Crippen LogP contribution in [0.2, 0.25) is 0 Å². The van der Waals surface area contributed by atoms with Gasteiger partial charge in [0.25, 0.3) is 0 Å². The van der Waals surface area contributed by atoms with Crippen LogP contribution < -0.4 is 0 Å². The van der Waals surface area contributed by atoms with Gasteiger partial charge in [-0.25, -0.2) is 0 Å². The highest BCUT2D eigenvalue weighted by Crippen LogP contribution is 2.33. The van der Waals surface area contributed by atoms with Crippen molar-refractivity contribution in [3.63, 3.8) is 0 Å². The molecule has 3 nitrogen and oxygen atoms in total. The minimum Gasteiger partial charge on any atom is -0.306 e. The molecule has 0 atom stereocenters. The molecular formula is C20H20N3+. The van der Waals surface area contributed by atoms with E-state index in [1.807, 2.05) is 24.5 Å². The van der Waals surface area contributed by atoms with E-state index in [4.69, 9.17) is 0 Å². The van der Waals surface area contributed by atoms with Gasteiger partial charge in [0, 0.05) is 23.5 Å². The summed E-state index contributed by atoms with van der Waals surface area (Å²) in [7, 11) is 0. The Balaban J connectivity index is 1.67. The molecule has 3 heteroatoms. The average Bonchev–Trinajstić information content (AvgIpc) is 2.94. The van der Waals surface area contributed by atoms with Crippen molar-refractivity contribution in [2.24, 2.45) is 0 Å². The Morgan fingerprint density at radius 1 is 0.652 bits per heavy atom. The molecule has 23 heavy (non-hydrogen) atoms. The zero-order valence-electron chi connectivity index (χ0n) is 13.1. The lowest BCUT2D eigenvalue weighted by Crippen LogP contribution is -2.41. The molecule has 114 valence electrons. The lowest BCUT2D eigenvalue weighted by molar-refractivity contribution is -0.973. The highest BCUT2D eigenvalue weighted by molar-refractivity contribution is 5.28. The van der Waals surface area contributed by atoms with Gasteiger partial charge >= 0.3 is 0 Å². The van der Waals surface area contributed by atoms with Crippen LogP contribution in [-0.2, 0) is 26.2 Å². The number of quaternary nitrogens is 1. The zero-order valence-corrected chi connectivity index (χ0v) is 13.1. The van der Waals surface area contributed by atoms with Crippen LogP contribution in [0.5, 0.6) is 0 Å². The Morgan fingerprint density at radius 3 is 1.57 bits per heavy atom. The van der Waals surface area contributed by atoms with Gasteiger partial charge in [0.1, 0.15) is 26.2 Å². The summed E-state index contributed by atoms with van der Waals surface area (Å²) in [5.41, 5.74) is 5.21. The molecule has 0 unspecified atom stereocenters. The number of nitrogens with zero attached hydrogens (tertiary/aromatic N) is 3. The van der Waals surface area contributed by atoms with E-state index < -0.39 is 0 Å². The Morgan fingerprint density at radius 2 is 1.13 bits per heavy atom. The van der Waals surface area contributed by atoms with Crippen molar-refractivity contribution >= 4 is 0 Å². The summed E-state index contributed by atoms with van der Waals surface area (Å²) in [6, 6.07) is 21.1. The number of aromatic nitrogens is 2. The number of fused-ring (bicyclic) bond motifs is 1. The normalized spacial score (nSPS) is 15.3. The monoisotopic (exact) mass is 302 g/mol. The van der Waals surface area contributed by atoms with E-state index >= 15 is 0 Å². The molecular weight excluding hydrogens is 282 g/mol. The second kappa shape index (κ2) is 5.94. The molecule has 0 aliphatic carbocycles. The van der Waals surface area contributed by atoms with Crippen molar-refractivity contribution in [1.82, 2.24) is 9.97 Å². The summed E-state index contributed by atoms with van der Waals surface area (Å²) < 4.78 is 0.966. The van der Waals surface area contributed by atoms with E-state index in [1.54, 1.807) is 0 Å². The predicted octanol–water partition coefficient (Wildman–Crippen LogP) is 3.71. The molecule has 1 aliphatic heterocycles. The van der Waals surface area contributed by atoms with Crippen LogP contribution in [0.25, 0.3) is 0 Å². The smallest absolute Gasteiger partial charge is 0.122 e. The molecule has 3 heterocycles. The lowest BCUT2D eigenvalue weighted by Gasteiger charge is -2.33. The summed E-state index contributed by atoms with van der Waals surface area (Å²) in [4.78, 5) is 9.11. The zero-order chi connectivity index (χ0) is 15.5. The molecule has 0 amide bonds. The summed E-state index contributed by atoms with van der Waals surface area (Å²) in [5, 5.41) is 0. The Hall–Kier alpha value is -2.52. The summed E-state index contributed by atoms with van der Waals surface area (Å²) in [6.07, 6.45) is 3.77. The van der Waals surface area contributed by atoms with Crippen LogP contribution >= 0.6 is 0 Å². The van der Waals surface area contributed by atoms with Crippen LogP contribution in [0.1, 0.15) is 22.5 Å². The van der Waals surface area contributed by atoms with E-state index in [9.17, 15) is 0 Å². The number of benzene rings is 1. The maximum atomic E-state index is 4.56. The van der Waals surface area contributed by atoms with Gasteiger partial charge < -0.3 is 4.48 Å². The SMILES string of the molecule is c1ccc(C[N+]2(Cc3ccccn3)Cc3ccccc3C2)nc1. The molecule has 0 saturated heterocycles. The third kappa shape index (κ3) is 3.01. The molecule has 0 radical (unpaired) electrons. The van der Waals surface area contributed by atoms with Gasteiger partial charge in [-0.2, -0.15) is 0 Å². The van der Waals surface area contributed by atoms with Crippen molar-refractivity contribution in [1.29, 1.82) is 0 Å². The predicted molar refractivity (Wildman–Crippen MR) is 90.0 cm³/mol. The van der Waals surface area contributed by atoms with Crippen molar-refractivity contribution in [2.45, 2.75) is 26.2 Å². The Bertz CT molecular complexity index is 716. The first-order valence-corrected chi connectivity index (χ1v) is 8.05. The van der Waals surface area contributed by atoms with E-state index in [-0.39, 0.29) is 0 Å². The highest BCUT2D eigenvalue weighted by Gasteiger charge is 2.36. The largest absolute Gasteiger partial charge is 0.306 e. The van der Waals surface area contributed by atoms with Gasteiger partial charge in [-0.1, -0.05) is 36.4 Å². The van der Waals surface area contributed by atoms with Crippen molar-refractivity contribution in [3.8, 4) is 0 Å². The van der Waals surface area contributed by atoms with E-state index in [2.05, 4.69) is 58.5 Å². The minimum atomic E-state index is 0.937. The van der Waals surface area contributed by atoms with E-state index in [0.29, 0.717) is 0 Å². The molecule has 4 rings (SSSR count). The molecule has 0 bridgehead atoms. The van der Waals surface area contributed by atoms with Crippen molar-refractivity contribution in [3.05, 3.63) is 95.6 Å². The van der Waals surface area contributed by atoms with E-state index in [0.717, 1.165) is 42.0 Å². The summed E-state index contributed by atoms with van der Waals surface area (Å²) in [5.74, 6) is 0. The number of pyridine rings is 2. The van der Waals surface area contributed by atoms with Gasteiger partial charge in [-0.3, -0.25) is 9.97 Å². The third-order valence-electron chi connectivity index (χ3n) is 4.58. The molecule has 1 aliphatic rings. The highest BCUT2D eigenvalue weighted by atomic mass is 15.4. The molecule has 1 aromatic carbocycles. The molecule has 0 fully saturated rings. The van der Waals surface area contributed by atoms with Crippen molar-refractivity contribution in [2.75, 3.05) is 0 Å². The average molecular weight is 302 g/mol. The van der Waals surface area contributed by atoms with E-state index in [1.165, 1.54) is 11.1 Å². The second-order valence-corrected chi connectivity index (χ2v) is 6.38. The maximum absolute atomic E-state index is 4.56. The fraction of sp³-hybridized carbons (Fsp3) is 0.200. The van der Waals surface area contributed by atoms with Gasteiger partial charge in [-0.05, 0) is 24.3 Å². The number of hydrogen-bond donors (Lipinski definition) is 0. The first kappa shape index (κ1) is 14.1. The molecule has 0 saturated carbocycles. The van der Waals surface area contributed by atoms with Gasteiger partial charge in [0.05, 0.1) is 11.4 Å². The summed E-state index contributed by atoms with van der Waals surface area (Å²) in [6.45, 7) is 3.96. The minimum absolute atomic E-state index is 0.937. The number of hydrogen-bond acceptors (Lipinski definition) is 2. The Labute approximate surface area is 136 Å². The molecule has 2 aromatic heterocycles. The maximum Gasteiger partial charge on any atom is 0.122 e. The molecule has 3 aromatic rings. The van der Waals surface area contributed by atoms with Crippen LogP contribution in [0.15, 0.2) is 73.1 Å². The van der Waals surface area contributed by atoms with Crippen LogP contribution in [-0.4, -0.2) is 14.5 Å².